The number of thiol groups is 1. The first-order valence-electron chi connectivity index (χ1n) is 4.95. The summed E-state index contributed by atoms with van der Waals surface area (Å²) in [6, 6.07) is 2.91. The molecule has 1 aromatic carbocycles. The molecule has 0 bridgehead atoms. The van der Waals surface area contributed by atoms with Crippen molar-refractivity contribution >= 4 is 13.0 Å². The normalized spacial score (nSPS) is 7.74. The topological polar surface area (TPSA) is 12.0 Å². The van der Waals surface area contributed by atoms with Crippen molar-refractivity contribution in [2.24, 2.45) is 5.92 Å². The molecule has 0 aromatic heterocycles. The quantitative estimate of drug-likeness (QED) is 0.239. The fraction of sp³-hybridized carbons (Fsp3) is 0.417. The Bertz CT molecular complexity index is 286. The van der Waals surface area contributed by atoms with Crippen LogP contribution in [0.4, 0.5) is 17.1 Å². The van der Waals surface area contributed by atoms with Crippen LogP contribution in [0.3, 0.4) is 0 Å². The molecule has 0 radical (unpaired) electrons. The minimum Gasteiger partial charge on any atom is -0.341 e. The number of rotatable bonds is 0. The largest absolute Gasteiger partial charge is 1.00 e. The number of hydrogen-bond donors (Lipinski definition) is 2. The van der Waals surface area contributed by atoms with Crippen LogP contribution in [0, 0.1) is 36.4 Å². The molecule has 1 aromatic rings. The molecule has 1 nitrogen and oxygen atoms in total. The Kier molecular flexibility index (Phi) is 31.3. The number of halogens is 4. The fourth-order valence-electron chi connectivity index (χ4n) is 0.423. The van der Waals surface area contributed by atoms with Gasteiger partial charge in [0.25, 0.3) is 0 Å². The van der Waals surface area contributed by atoms with Crippen molar-refractivity contribution < 1.29 is 68.4 Å². The van der Waals surface area contributed by atoms with Gasteiger partial charge in [0.1, 0.15) is 0 Å². The Hall–Kier alpha value is 0.886. The smallest absolute Gasteiger partial charge is 0.341 e. The molecule has 0 fully saturated rings. The van der Waals surface area contributed by atoms with Crippen LogP contribution in [0.5, 0.6) is 0 Å². The van der Waals surface area contributed by atoms with E-state index in [1.54, 1.807) is 0 Å². The van der Waals surface area contributed by atoms with E-state index >= 15 is 0 Å². The van der Waals surface area contributed by atoms with Crippen LogP contribution in [0.2, 0.25) is 0 Å². The molecular weight excluding hydrogens is 305 g/mol. The van der Waals surface area contributed by atoms with Crippen molar-refractivity contribution in [1.82, 2.24) is 5.32 Å². The van der Waals surface area contributed by atoms with Gasteiger partial charge in [-0.05, 0) is 14.1 Å². The first-order valence-corrected chi connectivity index (χ1v) is 5.29. The van der Waals surface area contributed by atoms with Crippen LogP contribution >= 0.6 is 13.0 Å². The van der Waals surface area contributed by atoms with Crippen LogP contribution < -0.4 is 56.7 Å². The van der Waals surface area contributed by atoms with Gasteiger partial charge in [-0.3, -0.25) is 4.39 Å². The minimum atomic E-state index is -1.19. The summed E-state index contributed by atoms with van der Waals surface area (Å²) in [5, 5.41) is 2.75. The van der Waals surface area contributed by atoms with Crippen molar-refractivity contribution in [1.29, 1.82) is 0 Å². The molecule has 7 heteroatoms. The van der Waals surface area contributed by atoms with Gasteiger partial charge in [-0.2, -0.15) is 9.80 Å². The Balaban J connectivity index is -0.0000000963. The van der Waals surface area contributed by atoms with Crippen LogP contribution in [0.25, 0.3) is 0 Å². The van der Waals surface area contributed by atoms with Crippen molar-refractivity contribution in [3.05, 3.63) is 42.6 Å². The molecule has 0 unspecified atom stereocenters. The van der Waals surface area contributed by atoms with Gasteiger partial charge in [-0.25, -0.2) is 8.78 Å². The summed E-state index contributed by atoms with van der Waals surface area (Å²) in [5.41, 5.74) is 0. The first-order chi connectivity index (χ1) is 8.34. The second-order valence-electron chi connectivity index (χ2n) is 3.37. The molecule has 0 atom stereocenters. The second kappa shape index (κ2) is 21.2. The van der Waals surface area contributed by atoms with E-state index in [2.05, 4.69) is 26.1 Å². The molecular formula is C12H19F4KNS-. The van der Waals surface area contributed by atoms with Crippen molar-refractivity contribution in [2.45, 2.75) is 13.8 Å². The molecule has 0 heterocycles. The summed E-state index contributed by atoms with van der Waals surface area (Å²) < 4.78 is 45.0. The Morgan fingerprint density at radius 2 is 1.47 bits per heavy atom. The number of benzene rings is 1. The molecule has 0 saturated heterocycles. The van der Waals surface area contributed by atoms with Crippen LogP contribution in [0.1, 0.15) is 13.8 Å². The molecule has 0 spiro atoms. The SMILES string of the molecule is CNC.FS.Fc1[c-]cc(F)c(F)c1.[CH2-]C(C)C.[K+]. The molecule has 19 heavy (non-hydrogen) atoms. The van der Waals surface area contributed by atoms with Gasteiger partial charge in [-0.1, -0.05) is 19.9 Å². The number of hydrogen-bond acceptors (Lipinski definition) is 2. The Morgan fingerprint density at radius 3 is 1.68 bits per heavy atom. The van der Waals surface area contributed by atoms with Crippen molar-refractivity contribution in [3.8, 4) is 0 Å². The minimum absolute atomic E-state index is 0. The third-order valence-corrected chi connectivity index (χ3v) is 0.818. The molecule has 1 N–H and O–H groups in total. The summed E-state index contributed by atoms with van der Waals surface area (Å²) in [5.74, 6) is -2.59. The van der Waals surface area contributed by atoms with Gasteiger partial charge in [0.05, 0.1) is 5.82 Å². The maximum Gasteiger partial charge on any atom is 1.00 e. The standard InChI is InChI=1S/C6H2F3.C4H9.C2H7N.FHS.K/c7-4-1-2-5(8)6(9)3-4;1-4(2)3;1-3-2;1-2;/h2-3H;4H,1H2,2-3H3;3H,1-2H3;2H;/q2*-1;;;+1. The third kappa shape index (κ3) is 27.9. The fourth-order valence-corrected chi connectivity index (χ4v) is 0.423. The monoisotopic (exact) mass is 324 g/mol. The van der Waals surface area contributed by atoms with Crippen LogP contribution in [-0.2, 0) is 0 Å². The van der Waals surface area contributed by atoms with E-state index in [1.165, 1.54) is 0 Å². The summed E-state index contributed by atoms with van der Waals surface area (Å²) in [7, 11) is 3.75. The van der Waals surface area contributed by atoms with Gasteiger partial charge >= 0.3 is 51.4 Å². The molecule has 0 amide bonds. The van der Waals surface area contributed by atoms with Gasteiger partial charge in [0.15, 0.2) is 0 Å². The molecule has 0 aliphatic rings. The van der Waals surface area contributed by atoms with E-state index < -0.39 is 17.5 Å². The summed E-state index contributed by atoms with van der Waals surface area (Å²) >= 11 is 2.03. The number of nitrogens with one attached hydrogen (secondary N) is 1. The Labute approximate surface area is 161 Å². The summed E-state index contributed by atoms with van der Waals surface area (Å²) in [6.45, 7) is 7.75. The third-order valence-electron chi connectivity index (χ3n) is 0.818. The van der Waals surface area contributed by atoms with E-state index in [0.29, 0.717) is 18.1 Å². The average molecular weight is 324 g/mol. The molecule has 1 rings (SSSR count). The van der Waals surface area contributed by atoms with Gasteiger partial charge < -0.3 is 12.2 Å². The van der Waals surface area contributed by atoms with E-state index in [4.69, 9.17) is 0 Å². The second-order valence-corrected chi connectivity index (χ2v) is 3.37. The van der Waals surface area contributed by atoms with Gasteiger partial charge in [0.2, 0.25) is 0 Å². The average Bonchev–Trinajstić information content (AvgIpc) is 2.27. The van der Waals surface area contributed by atoms with E-state index in [1.807, 2.05) is 33.2 Å². The van der Waals surface area contributed by atoms with Crippen molar-refractivity contribution in [3.63, 3.8) is 0 Å². The van der Waals surface area contributed by atoms with E-state index in [0.717, 1.165) is 0 Å². The molecule has 0 saturated carbocycles. The van der Waals surface area contributed by atoms with E-state index in [-0.39, 0.29) is 51.4 Å². The van der Waals surface area contributed by atoms with E-state index in [9.17, 15) is 17.1 Å². The maximum atomic E-state index is 11.9. The summed E-state index contributed by atoms with van der Waals surface area (Å²) in [4.78, 5) is 0. The zero-order valence-electron chi connectivity index (χ0n) is 11.9. The zero-order valence-corrected chi connectivity index (χ0v) is 15.9. The van der Waals surface area contributed by atoms with Crippen LogP contribution in [-0.4, -0.2) is 14.1 Å². The first kappa shape index (κ1) is 28.1. The van der Waals surface area contributed by atoms with Gasteiger partial charge in [0, 0.05) is 24.6 Å². The molecule has 0 aliphatic heterocycles. The predicted molar refractivity (Wildman–Crippen MR) is 70.4 cm³/mol. The maximum absolute atomic E-state index is 11.9. The predicted octanol–water partition coefficient (Wildman–Crippen LogP) is 1.02. The molecule has 108 valence electrons. The zero-order chi connectivity index (χ0) is 15.1. The molecule has 0 aliphatic carbocycles. The van der Waals surface area contributed by atoms with Crippen LogP contribution in [0.15, 0.2) is 12.1 Å². The Morgan fingerprint density at radius 1 is 1.16 bits per heavy atom. The van der Waals surface area contributed by atoms with Crippen molar-refractivity contribution in [2.75, 3.05) is 14.1 Å². The summed E-state index contributed by atoms with van der Waals surface area (Å²) in [6.07, 6.45) is 0. The van der Waals surface area contributed by atoms with Gasteiger partial charge in [-0.15, -0.1) is 12.1 Å².